The molecule has 4 nitrogen and oxygen atoms in total. The second-order valence-corrected chi connectivity index (χ2v) is 7.60. The maximum atomic E-state index is 13.7. The van der Waals surface area contributed by atoms with E-state index in [0.29, 0.717) is 32.6 Å². The molecule has 24 heavy (non-hydrogen) atoms. The Bertz CT molecular complexity index is 579. The van der Waals surface area contributed by atoms with Crippen LogP contribution in [-0.2, 0) is 4.79 Å². The number of carbonyl (C=O) groups excluding carboxylic acids is 1. The Hall–Kier alpha value is -1.53. The van der Waals surface area contributed by atoms with Crippen molar-refractivity contribution < 1.29 is 18.7 Å². The molecular weight excluding hydrogens is 314 g/mol. The lowest BCUT2D eigenvalue weighted by Gasteiger charge is -2.36. The number of piperazine rings is 1. The highest BCUT2D eigenvalue weighted by Crippen LogP contribution is 2.22. The standard InChI is InChI=1S/C18H26F2N2O2/c1-18(2,3)11-17(24)22-8-6-21(7-9-22)12-16(23)14-5-4-13(19)10-15(14)20/h4-5,10,16,23H,6-9,11-12H2,1-3H3. The fourth-order valence-electron chi connectivity index (χ4n) is 2.86. The van der Waals surface area contributed by atoms with E-state index in [0.717, 1.165) is 12.1 Å². The number of benzene rings is 1. The molecule has 0 saturated carbocycles. The van der Waals surface area contributed by atoms with Crippen LogP contribution in [0.1, 0.15) is 38.9 Å². The highest BCUT2D eigenvalue weighted by Gasteiger charge is 2.26. The largest absolute Gasteiger partial charge is 0.387 e. The van der Waals surface area contributed by atoms with Crippen LogP contribution in [0.4, 0.5) is 8.78 Å². The van der Waals surface area contributed by atoms with Crippen molar-refractivity contribution in [1.82, 2.24) is 9.80 Å². The van der Waals surface area contributed by atoms with E-state index in [2.05, 4.69) is 0 Å². The smallest absolute Gasteiger partial charge is 0.223 e. The molecule has 1 aliphatic rings. The van der Waals surface area contributed by atoms with Gasteiger partial charge in [0.2, 0.25) is 5.91 Å². The van der Waals surface area contributed by atoms with Gasteiger partial charge in [0, 0.05) is 50.8 Å². The van der Waals surface area contributed by atoms with Gasteiger partial charge in [-0.05, 0) is 11.5 Å². The Balaban J connectivity index is 1.85. The summed E-state index contributed by atoms with van der Waals surface area (Å²) in [6.07, 6.45) is -0.501. The zero-order valence-corrected chi connectivity index (χ0v) is 14.6. The normalized spacial score (nSPS) is 17.8. The third kappa shape index (κ3) is 5.24. The molecule has 0 spiro atoms. The Morgan fingerprint density at radius 2 is 1.83 bits per heavy atom. The highest BCUT2D eigenvalue weighted by atomic mass is 19.1. The number of hydrogen-bond donors (Lipinski definition) is 1. The first kappa shape index (κ1) is 18.8. The van der Waals surface area contributed by atoms with Crippen LogP contribution >= 0.6 is 0 Å². The number of hydrogen-bond acceptors (Lipinski definition) is 3. The number of carbonyl (C=O) groups is 1. The summed E-state index contributed by atoms with van der Waals surface area (Å²) in [6, 6.07) is 3.20. The molecule has 134 valence electrons. The number of amides is 1. The molecule has 0 aliphatic carbocycles. The molecule has 2 rings (SSSR count). The van der Waals surface area contributed by atoms with Crippen LogP contribution in [0.25, 0.3) is 0 Å². The topological polar surface area (TPSA) is 43.8 Å². The molecule has 1 N–H and O–H groups in total. The molecule has 1 fully saturated rings. The van der Waals surface area contributed by atoms with E-state index in [1.807, 2.05) is 30.6 Å². The first-order valence-corrected chi connectivity index (χ1v) is 8.29. The van der Waals surface area contributed by atoms with Gasteiger partial charge in [-0.15, -0.1) is 0 Å². The number of rotatable bonds is 4. The van der Waals surface area contributed by atoms with Crippen LogP contribution in [0.3, 0.4) is 0 Å². The minimum absolute atomic E-state index is 0.0372. The molecule has 1 aromatic rings. The number of halogens is 2. The predicted molar refractivity (Wildman–Crippen MR) is 88.4 cm³/mol. The molecule has 0 aromatic heterocycles. The van der Waals surface area contributed by atoms with Crippen molar-refractivity contribution in [1.29, 1.82) is 0 Å². The van der Waals surface area contributed by atoms with Gasteiger partial charge in [0.25, 0.3) is 0 Å². The third-order valence-electron chi connectivity index (χ3n) is 4.16. The van der Waals surface area contributed by atoms with Crippen molar-refractivity contribution in [3.05, 3.63) is 35.4 Å². The maximum absolute atomic E-state index is 13.7. The molecule has 1 aromatic carbocycles. The summed E-state index contributed by atoms with van der Waals surface area (Å²) in [5, 5.41) is 10.2. The predicted octanol–water partition coefficient (Wildman–Crippen LogP) is 2.58. The van der Waals surface area contributed by atoms with Gasteiger partial charge in [0.15, 0.2) is 0 Å². The number of nitrogens with zero attached hydrogens (tertiary/aromatic N) is 2. The SMILES string of the molecule is CC(C)(C)CC(=O)N1CCN(CC(O)c2ccc(F)cc2F)CC1. The third-order valence-corrected chi connectivity index (χ3v) is 4.16. The van der Waals surface area contributed by atoms with Gasteiger partial charge in [-0.1, -0.05) is 26.8 Å². The second-order valence-electron chi connectivity index (χ2n) is 7.60. The number of aliphatic hydroxyl groups excluding tert-OH is 1. The quantitative estimate of drug-likeness (QED) is 0.916. The van der Waals surface area contributed by atoms with Crippen molar-refractivity contribution in [3.8, 4) is 0 Å². The molecule has 0 bridgehead atoms. The Morgan fingerprint density at radius 3 is 2.38 bits per heavy atom. The molecule has 1 heterocycles. The van der Waals surface area contributed by atoms with Crippen molar-refractivity contribution in [3.63, 3.8) is 0 Å². The Morgan fingerprint density at radius 1 is 1.21 bits per heavy atom. The average molecular weight is 340 g/mol. The summed E-state index contributed by atoms with van der Waals surface area (Å²) in [5.41, 5.74) is 0.0625. The molecule has 0 radical (unpaired) electrons. The maximum Gasteiger partial charge on any atom is 0.223 e. The van der Waals surface area contributed by atoms with Crippen LogP contribution < -0.4 is 0 Å². The van der Waals surface area contributed by atoms with E-state index in [4.69, 9.17) is 0 Å². The summed E-state index contributed by atoms with van der Waals surface area (Å²) < 4.78 is 26.6. The van der Waals surface area contributed by atoms with Gasteiger partial charge >= 0.3 is 0 Å². The monoisotopic (exact) mass is 340 g/mol. The minimum Gasteiger partial charge on any atom is -0.387 e. The molecule has 1 unspecified atom stereocenters. The molecule has 6 heteroatoms. The van der Waals surface area contributed by atoms with Crippen LogP contribution in [0.2, 0.25) is 0 Å². The van der Waals surface area contributed by atoms with Crippen LogP contribution in [-0.4, -0.2) is 53.5 Å². The lowest BCUT2D eigenvalue weighted by molar-refractivity contribution is -0.135. The van der Waals surface area contributed by atoms with Gasteiger partial charge in [-0.25, -0.2) is 8.78 Å². The molecule has 1 saturated heterocycles. The fourth-order valence-corrected chi connectivity index (χ4v) is 2.86. The van der Waals surface area contributed by atoms with Gasteiger partial charge in [0.05, 0.1) is 6.10 Å². The highest BCUT2D eigenvalue weighted by molar-refractivity contribution is 5.76. The van der Waals surface area contributed by atoms with E-state index >= 15 is 0 Å². The van der Waals surface area contributed by atoms with E-state index in [1.54, 1.807) is 0 Å². The Labute approximate surface area is 142 Å². The summed E-state index contributed by atoms with van der Waals surface area (Å²) >= 11 is 0. The van der Waals surface area contributed by atoms with Gasteiger partial charge in [-0.2, -0.15) is 0 Å². The van der Waals surface area contributed by atoms with E-state index < -0.39 is 17.7 Å². The van der Waals surface area contributed by atoms with E-state index in [-0.39, 0.29) is 23.4 Å². The summed E-state index contributed by atoms with van der Waals surface area (Å²) in [7, 11) is 0. The van der Waals surface area contributed by atoms with Gasteiger partial charge < -0.3 is 10.0 Å². The molecular formula is C18H26F2N2O2. The molecule has 1 atom stereocenters. The molecule has 1 aliphatic heterocycles. The number of β-amino-alcohol motifs (C(OH)–C–C–N with tert-alkyl or cyclic N) is 1. The first-order valence-electron chi connectivity index (χ1n) is 8.29. The van der Waals surface area contributed by atoms with Crippen molar-refractivity contribution in [2.75, 3.05) is 32.7 Å². The number of aliphatic hydroxyl groups is 1. The summed E-state index contributed by atoms with van der Waals surface area (Å²) in [6.45, 7) is 8.86. The molecule has 1 amide bonds. The van der Waals surface area contributed by atoms with Gasteiger partial charge in [0.1, 0.15) is 11.6 Å². The minimum atomic E-state index is -1.01. The fraction of sp³-hybridized carbons (Fsp3) is 0.611. The zero-order valence-electron chi connectivity index (χ0n) is 14.6. The first-order chi connectivity index (χ1) is 11.2. The zero-order chi connectivity index (χ0) is 17.9. The van der Waals surface area contributed by atoms with Crippen LogP contribution in [0, 0.1) is 17.0 Å². The summed E-state index contributed by atoms with van der Waals surface area (Å²) in [5.74, 6) is -1.25. The summed E-state index contributed by atoms with van der Waals surface area (Å²) in [4.78, 5) is 16.0. The lowest BCUT2D eigenvalue weighted by Crippen LogP contribution is -2.50. The van der Waals surface area contributed by atoms with E-state index in [1.165, 1.54) is 6.07 Å². The Kier molecular flexibility index (Phi) is 5.93. The van der Waals surface area contributed by atoms with Gasteiger partial charge in [-0.3, -0.25) is 9.69 Å². The van der Waals surface area contributed by atoms with E-state index in [9.17, 15) is 18.7 Å². The average Bonchev–Trinajstić information content (AvgIpc) is 2.45. The van der Waals surface area contributed by atoms with Crippen LogP contribution in [0.5, 0.6) is 0 Å². The van der Waals surface area contributed by atoms with Crippen molar-refractivity contribution >= 4 is 5.91 Å². The van der Waals surface area contributed by atoms with Crippen LogP contribution in [0.15, 0.2) is 18.2 Å². The lowest BCUT2D eigenvalue weighted by atomic mass is 9.91. The second kappa shape index (κ2) is 7.57. The van der Waals surface area contributed by atoms with Crippen molar-refractivity contribution in [2.45, 2.75) is 33.3 Å². The van der Waals surface area contributed by atoms with Crippen molar-refractivity contribution in [2.24, 2.45) is 5.41 Å².